The van der Waals surface area contributed by atoms with Gasteiger partial charge in [-0.2, -0.15) is 0 Å². The number of nitrogens with zero attached hydrogens (tertiary/aromatic N) is 1. The molecule has 126 valence electrons. The van der Waals surface area contributed by atoms with E-state index in [4.69, 9.17) is 4.42 Å². The molecule has 1 aromatic heterocycles. The first-order chi connectivity index (χ1) is 10.7. The highest BCUT2D eigenvalue weighted by atomic mass is 32.2. The molecule has 0 spiro atoms. The number of sulfone groups is 1. The molecule has 0 fully saturated rings. The third-order valence-electron chi connectivity index (χ3n) is 3.56. The molecule has 0 aliphatic rings. The van der Waals surface area contributed by atoms with Gasteiger partial charge in [0.05, 0.1) is 12.7 Å². The molecule has 0 amide bonds. The quantitative estimate of drug-likeness (QED) is 0.874. The fourth-order valence-electron chi connectivity index (χ4n) is 2.12. The number of hydrogen-bond acceptors (Lipinski definition) is 5. The zero-order chi connectivity index (χ0) is 17.2. The smallest absolute Gasteiger partial charge is 0.208 e. The maximum absolute atomic E-state index is 13.9. The van der Waals surface area contributed by atoms with Crippen molar-refractivity contribution in [3.63, 3.8) is 0 Å². The second-order valence-corrected chi connectivity index (χ2v) is 7.86. The van der Waals surface area contributed by atoms with E-state index in [1.165, 1.54) is 12.1 Å². The van der Waals surface area contributed by atoms with Crippen molar-refractivity contribution in [1.29, 1.82) is 0 Å². The normalized spacial score (nSPS) is 13.5. The molecule has 7 heteroatoms. The van der Waals surface area contributed by atoms with Crippen molar-refractivity contribution < 1.29 is 17.2 Å². The van der Waals surface area contributed by atoms with Crippen LogP contribution in [0.3, 0.4) is 0 Å². The van der Waals surface area contributed by atoms with Gasteiger partial charge in [-0.1, -0.05) is 19.9 Å². The summed E-state index contributed by atoms with van der Waals surface area (Å²) in [6, 6.07) is 3.96. The van der Waals surface area contributed by atoms with Crippen LogP contribution in [-0.2, 0) is 16.4 Å². The molecule has 5 nitrogen and oxygen atoms in total. The first kappa shape index (κ1) is 17.6. The highest BCUT2D eigenvalue weighted by molar-refractivity contribution is 7.90. The maximum atomic E-state index is 13.9. The molecule has 0 aliphatic carbocycles. The second kappa shape index (κ2) is 6.80. The number of benzene rings is 1. The van der Waals surface area contributed by atoms with Crippen molar-refractivity contribution in [3.05, 3.63) is 47.4 Å². The average molecular weight is 340 g/mol. The highest BCUT2D eigenvalue weighted by Crippen LogP contribution is 2.21. The molecular weight excluding hydrogens is 319 g/mol. The van der Waals surface area contributed by atoms with Gasteiger partial charge in [-0.25, -0.2) is 17.8 Å². The lowest BCUT2D eigenvalue weighted by Crippen LogP contribution is -2.18. The predicted octanol–water partition coefficient (Wildman–Crippen LogP) is 3.19. The van der Waals surface area contributed by atoms with E-state index in [-0.39, 0.29) is 16.9 Å². The third kappa shape index (κ3) is 4.39. The minimum absolute atomic E-state index is 0.174. The Morgan fingerprint density at radius 1 is 1.30 bits per heavy atom. The van der Waals surface area contributed by atoms with Crippen LogP contribution in [0.15, 0.2) is 33.7 Å². The van der Waals surface area contributed by atoms with Gasteiger partial charge in [-0.15, -0.1) is 0 Å². The molecule has 0 saturated heterocycles. The third-order valence-corrected chi connectivity index (χ3v) is 4.69. The monoisotopic (exact) mass is 340 g/mol. The summed E-state index contributed by atoms with van der Waals surface area (Å²) in [6.07, 6.45) is 2.69. The van der Waals surface area contributed by atoms with E-state index in [9.17, 15) is 12.8 Å². The Balaban J connectivity index is 2.05. The lowest BCUT2D eigenvalue weighted by atomic mass is 10.1. The maximum Gasteiger partial charge on any atom is 0.208 e. The van der Waals surface area contributed by atoms with Gasteiger partial charge >= 0.3 is 0 Å². The number of rotatable bonds is 6. The predicted molar refractivity (Wildman–Crippen MR) is 85.4 cm³/mol. The summed E-state index contributed by atoms with van der Waals surface area (Å²) in [6.45, 7) is 6.31. The standard InChI is InChI=1S/C16H21FN2O3S/c1-10(2)14-8-19-16(22-14)9-18-11(3)12-5-6-15(13(17)7-12)23(4,20)21/h5-8,10-11,18H,9H2,1-4H3/t11-/m0/s1. The molecule has 0 unspecified atom stereocenters. The van der Waals surface area contributed by atoms with Crippen molar-refractivity contribution >= 4 is 9.84 Å². The molecule has 1 aromatic carbocycles. The molecule has 0 radical (unpaired) electrons. The van der Waals surface area contributed by atoms with E-state index in [1.54, 1.807) is 12.3 Å². The largest absolute Gasteiger partial charge is 0.444 e. The zero-order valence-electron chi connectivity index (χ0n) is 13.6. The summed E-state index contributed by atoms with van der Waals surface area (Å²) in [5.74, 6) is 0.912. The van der Waals surface area contributed by atoms with Gasteiger partial charge in [0.25, 0.3) is 0 Å². The molecule has 1 atom stereocenters. The number of aromatic nitrogens is 1. The molecule has 23 heavy (non-hydrogen) atoms. The zero-order valence-corrected chi connectivity index (χ0v) is 14.4. The van der Waals surface area contributed by atoms with Crippen molar-refractivity contribution in [2.45, 2.75) is 44.2 Å². The summed E-state index contributed by atoms with van der Waals surface area (Å²) < 4.78 is 42.4. The van der Waals surface area contributed by atoms with E-state index >= 15 is 0 Å². The van der Waals surface area contributed by atoms with Crippen LogP contribution >= 0.6 is 0 Å². The highest BCUT2D eigenvalue weighted by Gasteiger charge is 2.16. The average Bonchev–Trinajstić information content (AvgIpc) is 2.92. The fourth-order valence-corrected chi connectivity index (χ4v) is 2.85. The van der Waals surface area contributed by atoms with Crippen LogP contribution in [0.4, 0.5) is 4.39 Å². The summed E-state index contributed by atoms with van der Waals surface area (Å²) in [7, 11) is -3.56. The van der Waals surface area contributed by atoms with Crippen molar-refractivity contribution in [2.24, 2.45) is 0 Å². The van der Waals surface area contributed by atoms with Crippen LogP contribution in [0.2, 0.25) is 0 Å². The minimum Gasteiger partial charge on any atom is -0.444 e. The Labute approximate surface area is 135 Å². The SMILES string of the molecule is CC(C)c1cnc(CN[C@@H](C)c2ccc(S(C)(=O)=O)c(F)c2)o1. The molecule has 2 rings (SSSR count). The van der Waals surface area contributed by atoms with Crippen molar-refractivity contribution in [3.8, 4) is 0 Å². The Morgan fingerprint density at radius 2 is 2.00 bits per heavy atom. The van der Waals surface area contributed by atoms with Gasteiger partial charge < -0.3 is 9.73 Å². The minimum atomic E-state index is -3.56. The Kier molecular flexibility index (Phi) is 5.21. The second-order valence-electron chi connectivity index (χ2n) is 5.88. The van der Waals surface area contributed by atoms with Gasteiger partial charge in [0.2, 0.25) is 5.89 Å². The summed E-state index contributed by atoms with van der Waals surface area (Å²) in [5.41, 5.74) is 0.658. The van der Waals surface area contributed by atoms with Gasteiger partial charge in [0.15, 0.2) is 9.84 Å². The van der Waals surface area contributed by atoms with Gasteiger partial charge in [0, 0.05) is 18.2 Å². The van der Waals surface area contributed by atoms with Gasteiger partial charge in [0.1, 0.15) is 16.5 Å². The Bertz CT molecular complexity index is 784. The molecule has 1 N–H and O–H groups in total. The molecule has 0 aliphatic heterocycles. The van der Waals surface area contributed by atoms with Crippen LogP contribution < -0.4 is 5.32 Å². The molecule has 1 heterocycles. The van der Waals surface area contributed by atoms with E-state index < -0.39 is 15.7 Å². The van der Waals surface area contributed by atoms with Crippen LogP contribution in [-0.4, -0.2) is 19.7 Å². The first-order valence-corrected chi connectivity index (χ1v) is 9.25. The number of halogens is 1. The van der Waals surface area contributed by atoms with Crippen LogP contribution in [0.5, 0.6) is 0 Å². The van der Waals surface area contributed by atoms with Crippen molar-refractivity contribution in [1.82, 2.24) is 10.3 Å². The molecular formula is C16H21FN2O3S. The summed E-state index contributed by atoms with van der Waals surface area (Å²) in [5, 5.41) is 3.18. The van der Waals surface area contributed by atoms with Crippen LogP contribution in [0.25, 0.3) is 0 Å². The summed E-state index contributed by atoms with van der Waals surface area (Å²) in [4.78, 5) is 3.90. The van der Waals surface area contributed by atoms with Gasteiger partial charge in [-0.05, 0) is 24.6 Å². The molecule has 2 aromatic rings. The lowest BCUT2D eigenvalue weighted by Gasteiger charge is -2.14. The van der Waals surface area contributed by atoms with E-state index in [0.717, 1.165) is 12.0 Å². The van der Waals surface area contributed by atoms with E-state index in [0.29, 0.717) is 18.0 Å². The number of oxazole rings is 1. The Morgan fingerprint density at radius 3 is 2.52 bits per heavy atom. The van der Waals surface area contributed by atoms with Crippen LogP contribution in [0.1, 0.15) is 49.9 Å². The Hall–Kier alpha value is -1.73. The van der Waals surface area contributed by atoms with E-state index in [1.807, 2.05) is 20.8 Å². The van der Waals surface area contributed by atoms with Gasteiger partial charge in [-0.3, -0.25) is 0 Å². The fraction of sp³-hybridized carbons (Fsp3) is 0.438. The number of nitrogens with one attached hydrogen (secondary N) is 1. The lowest BCUT2D eigenvalue weighted by molar-refractivity contribution is 0.410. The molecule has 0 bridgehead atoms. The van der Waals surface area contributed by atoms with Crippen LogP contribution in [0, 0.1) is 5.82 Å². The topological polar surface area (TPSA) is 72.2 Å². The number of hydrogen-bond donors (Lipinski definition) is 1. The van der Waals surface area contributed by atoms with Crippen molar-refractivity contribution in [2.75, 3.05) is 6.26 Å². The molecule has 0 saturated carbocycles. The summed E-state index contributed by atoms with van der Waals surface area (Å²) >= 11 is 0. The van der Waals surface area contributed by atoms with E-state index in [2.05, 4.69) is 10.3 Å². The first-order valence-electron chi connectivity index (χ1n) is 7.36.